The maximum absolute atomic E-state index is 14.0. The molecular weight excluding hydrogens is 444 g/mol. The van der Waals surface area contributed by atoms with Crippen molar-refractivity contribution >= 4 is 35.1 Å². The minimum Gasteiger partial charge on any atom is -0.377 e. The van der Waals surface area contributed by atoms with Gasteiger partial charge in [0, 0.05) is 30.5 Å². The van der Waals surface area contributed by atoms with Crippen LogP contribution in [0.2, 0.25) is 0 Å². The van der Waals surface area contributed by atoms with Crippen LogP contribution in [-0.2, 0) is 22.5 Å². The lowest BCUT2D eigenvalue weighted by Gasteiger charge is -2.29. The number of fused-ring (bicyclic) bond motifs is 1. The average Bonchev–Trinajstić information content (AvgIpc) is 2.98. The van der Waals surface area contributed by atoms with Crippen molar-refractivity contribution in [3.8, 4) is 0 Å². The van der Waals surface area contributed by atoms with Crippen LogP contribution < -0.4 is 15.5 Å². The summed E-state index contributed by atoms with van der Waals surface area (Å²) in [5.74, 6) is 0.643. The van der Waals surface area contributed by atoms with Gasteiger partial charge in [0.2, 0.25) is 11.9 Å². The van der Waals surface area contributed by atoms with E-state index in [-0.39, 0.29) is 18.0 Å². The molecule has 0 spiro atoms. The molecule has 0 aliphatic carbocycles. The van der Waals surface area contributed by atoms with E-state index in [9.17, 15) is 9.59 Å². The second kappa shape index (κ2) is 9.94. The van der Waals surface area contributed by atoms with Gasteiger partial charge in [-0.25, -0.2) is 14.7 Å². The van der Waals surface area contributed by atoms with Crippen LogP contribution in [0, 0.1) is 0 Å². The van der Waals surface area contributed by atoms with E-state index in [0.29, 0.717) is 55.9 Å². The average molecular weight is 471 g/mol. The summed E-state index contributed by atoms with van der Waals surface area (Å²) in [6.45, 7) is 5.69. The van der Waals surface area contributed by atoms with Crippen molar-refractivity contribution in [3.63, 3.8) is 0 Å². The Hall–Kier alpha value is -4.24. The topological polar surface area (TPSA) is 99.7 Å². The first-order valence-electron chi connectivity index (χ1n) is 11.5. The highest BCUT2D eigenvalue weighted by Gasteiger charge is 2.32. The third kappa shape index (κ3) is 4.99. The number of aromatic nitrogens is 2. The summed E-state index contributed by atoms with van der Waals surface area (Å²) in [5.41, 5.74) is 3.05. The Morgan fingerprint density at radius 2 is 2.00 bits per heavy atom. The zero-order chi connectivity index (χ0) is 24.2. The molecule has 0 bridgehead atoms. The quantitative estimate of drug-likeness (QED) is 0.511. The largest absolute Gasteiger partial charge is 0.377 e. The first-order valence-corrected chi connectivity index (χ1v) is 11.5. The van der Waals surface area contributed by atoms with Gasteiger partial charge < -0.3 is 20.3 Å². The maximum Gasteiger partial charge on any atom is 0.330 e. The van der Waals surface area contributed by atoms with Crippen LogP contribution in [-0.4, -0.2) is 52.6 Å². The molecule has 9 heteroatoms. The number of benzene rings is 2. The molecule has 3 amide bonds. The Bertz CT molecular complexity index is 1240. The van der Waals surface area contributed by atoms with Gasteiger partial charge in [0.1, 0.15) is 5.82 Å². The van der Waals surface area contributed by atoms with Gasteiger partial charge in [0.05, 0.1) is 24.9 Å². The molecule has 3 heterocycles. The van der Waals surface area contributed by atoms with Gasteiger partial charge in [-0.2, -0.15) is 4.98 Å². The molecule has 0 atom stereocenters. The molecule has 178 valence electrons. The minimum atomic E-state index is -0.327. The molecule has 2 aliphatic rings. The molecule has 0 unspecified atom stereocenters. The van der Waals surface area contributed by atoms with E-state index < -0.39 is 0 Å². The van der Waals surface area contributed by atoms with Gasteiger partial charge in [-0.15, -0.1) is 0 Å². The SMILES string of the molecule is C=CC(=O)Nc1cccc(N2C(=O)N(Cc3ccccc3)CCc3cnc(NC4COC4)nc32)c1. The molecule has 9 nitrogen and oxygen atoms in total. The Kier molecular flexibility index (Phi) is 6.40. The maximum atomic E-state index is 14.0. The van der Waals surface area contributed by atoms with E-state index >= 15 is 0 Å². The Morgan fingerprint density at radius 1 is 1.17 bits per heavy atom. The molecule has 0 radical (unpaired) electrons. The standard InChI is InChI=1S/C26H26N6O3/c1-2-23(33)28-20-9-6-10-22(13-20)32-24-19(14-27-25(30-24)29-21-16-35-17-21)11-12-31(26(32)34)15-18-7-4-3-5-8-18/h2-10,13-14,21H,1,11-12,15-17H2,(H,28,33)(H,27,29,30). The van der Waals surface area contributed by atoms with Crippen LogP contribution in [0.15, 0.2) is 73.4 Å². The third-order valence-electron chi connectivity index (χ3n) is 5.91. The van der Waals surface area contributed by atoms with Crippen LogP contribution >= 0.6 is 0 Å². The van der Waals surface area contributed by atoms with Crippen LogP contribution in [0.25, 0.3) is 0 Å². The summed E-state index contributed by atoms with van der Waals surface area (Å²) < 4.78 is 5.24. The zero-order valence-corrected chi connectivity index (χ0v) is 19.2. The highest BCUT2D eigenvalue weighted by molar-refractivity contribution is 6.02. The number of ether oxygens (including phenoxy) is 1. The Balaban J connectivity index is 1.53. The van der Waals surface area contributed by atoms with E-state index in [2.05, 4.69) is 22.2 Å². The van der Waals surface area contributed by atoms with Crippen LogP contribution in [0.1, 0.15) is 11.1 Å². The summed E-state index contributed by atoms with van der Waals surface area (Å²) in [4.78, 5) is 38.4. The van der Waals surface area contributed by atoms with Crippen LogP contribution in [0.4, 0.5) is 27.9 Å². The number of anilines is 4. The Labute approximate surface area is 203 Å². The molecule has 1 aromatic heterocycles. The van der Waals surface area contributed by atoms with Gasteiger partial charge in [-0.05, 0) is 36.3 Å². The molecule has 3 aromatic rings. The van der Waals surface area contributed by atoms with Crippen LogP contribution in [0.3, 0.4) is 0 Å². The minimum absolute atomic E-state index is 0.148. The summed E-state index contributed by atoms with van der Waals surface area (Å²) in [6.07, 6.45) is 3.60. The zero-order valence-electron chi connectivity index (χ0n) is 19.2. The van der Waals surface area contributed by atoms with Crippen molar-refractivity contribution in [1.29, 1.82) is 0 Å². The summed E-state index contributed by atoms with van der Waals surface area (Å²) in [5, 5.41) is 6.03. The molecule has 2 aliphatic heterocycles. The highest BCUT2D eigenvalue weighted by Crippen LogP contribution is 2.33. The summed E-state index contributed by atoms with van der Waals surface area (Å²) in [6, 6.07) is 17.0. The normalized spacial score (nSPS) is 15.6. The van der Waals surface area contributed by atoms with E-state index in [1.807, 2.05) is 36.4 Å². The molecule has 5 rings (SSSR count). The van der Waals surface area contributed by atoms with Crippen molar-refractivity contribution in [2.24, 2.45) is 0 Å². The Morgan fingerprint density at radius 3 is 2.74 bits per heavy atom. The van der Waals surface area contributed by atoms with E-state index in [1.54, 1.807) is 34.2 Å². The van der Waals surface area contributed by atoms with Gasteiger partial charge in [-0.1, -0.05) is 43.0 Å². The molecule has 2 N–H and O–H groups in total. The van der Waals surface area contributed by atoms with Crippen LogP contribution in [0.5, 0.6) is 0 Å². The number of rotatable bonds is 7. The lowest BCUT2D eigenvalue weighted by Crippen LogP contribution is -2.41. The molecule has 2 aromatic carbocycles. The van der Waals surface area contributed by atoms with Crippen molar-refractivity contribution in [3.05, 3.63) is 84.6 Å². The third-order valence-corrected chi connectivity index (χ3v) is 5.91. The predicted octanol–water partition coefficient (Wildman–Crippen LogP) is 3.73. The number of carbonyl (C=O) groups is 2. The molecule has 1 fully saturated rings. The molecule has 35 heavy (non-hydrogen) atoms. The van der Waals surface area contributed by atoms with E-state index in [1.165, 1.54) is 6.08 Å². The van der Waals surface area contributed by atoms with E-state index in [4.69, 9.17) is 9.72 Å². The van der Waals surface area contributed by atoms with Gasteiger partial charge in [-0.3, -0.25) is 4.79 Å². The first kappa shape index (κ1) is 22.5. The second-order valence-corrected chi connectivity index (χ2v) is 8.44. The molecule has 0 saturated carbocycles. The summed E-state index contributed by atoms with van der Waals surface area (Å²) >= 11 is 0. The monoisotopic (exact) mass is 470 g/mol. The fraction of sp³-hybridized carbons (Fsp3) is 0.231. The van der Waals surface area contributed by atoms with Gasteiger partial charge in [0.15, 0.2) is 0 Å². The lowest BCUT2D eigenvalue weighted by molar-refractivity contribution is -0.111. The van der Waals surface area contributed by atoms with Gasteiger partial charge >= 0.3 is 6.03 Å². The van der Waals surface area contributed by atoms with Crippen molar-refractivity contribution in [2.45, 2.75) is 19.0 Å². The molecule has 1 saturated heterocycles. The van der Waals surface area contributed by atoms with E-state index in [0.717, 1.165) is 11.1 Å². The second-order valence-electron chi connectivity index (χ2n) is 8.44. The predicted molar refractivity (Wildman–Crippen MR) is 134 cm³/mol. The number of hydrogen-bond donors (Lipinski definition) is 2. The first-order chi connectivity index (χ1) is 17.1. The van der Waals surface area contributed by atoms with Crippen molar-refractivity contribution in [2.75, 3.05) is 35.3 Å². The number of carbonyl (C=O) groups excluding carboxylic acids is 2. The fourth-order valence-corrected chi connectivity index (χ4v) is 4.02. The van der Waals surface area contributed by atoms with Crippen molar-refractivity contribution < 1.29 is 14.3 Å². The highest BCUT2D eigenvalue weighted by atomic mass is 16.5. The number of hydrogen-bond acceptors (Lipinski definition) is 6. The summed E-state index contributed by atoms with van der Waals surface area (Å²) in [7, 11) is 0. The number of urea groups is 1. The van der Waals surface area contributed by atoms with Gasteiger partial charge in [0.25, 0.3) is 0 Å². The smallest absolute Gasteiger partial charge is 0.330 e. The van der Waals surface area contributed by atoms with Crippen molar-refractivity contribution in [1.82, 2.24) is 14.9 Å². The fourth-order valence-electron chi connectivity index (χ4n) is 4.02. The number of nitrogens with zero attached hydrogens (tertiary/aromatic N) is 4. The number of amides is 3. The lowest BCUT2D eigenvalue weighted by atomic mass is 10.2. The molecular formula is C26H26N6O3. The number of nitrogens with one attached hydrogen (secondary N) is 2.